The minimum Gasteiger partial charge on any atom is -0.381 e. The van der Waals surface area contributed by atoms with Crippen molar-refractivity contribution >= 4 is 5.91 Å². The van der Waals surface area contributed by atoms with Gasteiger partial charge in [-0.25, -0.2) is 0 Å². The summed E-state index contributed by atoms with van der Waals surface area (Å²) in [7, 11) is 1.97. The van der Waals surface area contributed by atoms with Gasteiger partial charge in [-0.2, -0.15) is 0 Å². The van der Waals surface area contributed by atoms with Crippen molar-refractivity contribution in [1.29, 1.82) is 0 Å². The summed E-state index contributed by atoms with van der Waals surface area (Å²) in [6.07, 6.45) is 3.15. The number of amides is 1. The maximum Gasteiger partial charge on any atom is 0.230 e. The molecule has 0 aromatic heterocycles. The molecule has 19 heavy (non-hydrogen) atoms. The summed E-state index contributed by atoms with van der Waals surface area (Å²) >= 11 is 0. The molecule has 110 valence electrons. The van der Waals surface area contributed by atoms with E-state index < -0.39 is 0 Å². The summed E-state index contributed by atoms with van der Waals surface area (Å²) in [5, 5.41) is 3.37. The van der Waals surface area contributed by atoms with Crippen molar-refractivity contribution in [3.63, 3.8) is 0 Å². The van der Waals surface area contributed by atoms with E-state index in [1.54, 1.807) is 0 Å². The van der Waals surface area contributed by atoms with Crippen LogP contribution in [0.15, 0.2) is 0 Å². The van der Waals surface area contributed by atoms with E-state index in [1.165, 1.54) is 0 Å². The molecule has 1 atom stereocenters. The van der Waals surface area contributed by atoms with Gasteiger partial charge in [0, 0.05) is 33.4 Å². The molecule has 2 rings (SSSR count). The standard InChI is InChI=1S/C15H28N2O2/c1-12(2)15(6-7-16-11-15)14(18)17(3)10-13-4-8-19-9-5-13/h12-13,16H,4-11H2,1-3H3. The molecule has 0 aromatic carbocycles. The minimum atomic E-state index is -0.181. The number of nitrogens with one attached hydrogen (secondary N) is 1. The van der Waals surface area contributed by atoms with Crippen LogP contribution >= 0.6 is 0 Å². The topological polar surface area (TPSA) is 41.6 Å². The largest absolute Gasteiger partial charge is 0.381 e. The lowest BCUT2D eigenvalue weighted by atomic mass is 9.75. The van der Waals surface area contributed by atoms with Gasteiger partial charge in [-0.1, -0.05) is 13.8 Å². The lowest BCUT2D eigenvalue weighted by Crippen LogP contribution is -2.48. The second-order valence-corrected chi connectivity index (χ2v) is 6.48. The van der Waals surface area contributed by atoms with Crippen LogP contribution in [-0.4, -0.2) is 50.7 Å². The number of hydrogen-bond acceptors (Lipinski definition) is 3. The fourth-order valence-corrected chi connectivity index (χ4v) is 3.41. The number of hydrogen-bond donors (Lipinski definition) is 1. The Morgan fingerprint density at radius 3 is 2.63 bits per heavy atom. The summed E-state index contributed by atoms with van der Waals surface area (Å²) in [5.74, 6) is 1.34. The Hall–Kier alpha value is -0.610. The van der Waals surface area contributed by atoms with Crippen LogP contribution in [0.5, 0.6) is 0 Å². The lowest BCUT2D eigenvalue weighted by Gasteiger charge is -2.37. The highest BCUT2D eigenvalue weighted by Crippen LogP contribution is 2.36. The first-order valence-electron chi connectivity index (χ1n) is 7.60. The summed E-state index contributed by atoms with van der Waals surface area (Å²) in [6.45, 7) is 8.74. The second-order valence-electron chi connectivity index (χ2n) is 6.48. The molecule has 4 nitrogen and oxygen atoms in total. The first-order chi connectivity index (χ1) is 9.06. The second kappa shape index (κ2) is 6.23. The maximum absolute atomic E-state index is 12.8. The van der Waals surface area contributed by atoms with Gasteiger partial charge in [0.15, 0.2) is 0 Å². The smallest absolute Gasteiger partial charge is 0.230 e. The zero-order valence-corrected chi connectivity index (χ0v) is 12.6. The molecule has 2 aliphatic rings. The molecule has 2 fully saturated rings. The molecule has 0 radical (unpaired) electrons. The molecule has 0 aliphatic carbocycles. The molecule has 2 heterocycles. The van der Waals surface area contributed by atoms with Crippen LogP contribution in [0.1, 0.15) is 33.1 Å². The van der Waals surface area contributed by atoms with Crippen molar-refractivity contribution < 1.29 is 9.53 Å². The van der Waals surface area contributed by atoms with Crippen LogP contribution in [0.4, 0.5) is 0 Å². The highest BCUT2D eigenvalue weighted by Gasteiger charge is 2.45. The van der Waals surface area contributed by atoms with E-state index in [9.17, 15) is 4.79 Å². The highest BCUT2D eigenvalue weighted by molar-refractivity contribution is 5.83. The van der Waals surface area contributed by atoms with Gasteiger partial charge in [0.05, 0.1) is 5.41 Å². The van der Waals surface area contributed by atoms with Gasteiger partial charge in [0.1, 0.15) is 0 Å². The molecule has 0 spiro atoms. The zero-order valence-electron chi connectivity index (χ0n) is 12.6. The van der Waals surface area contributed by atoms with Crippen LogP contribution in [0.2, 0.25) is 0 Å². The molecule has 1 N–H and O–H groups in total. The number of ether oxygens (including phenoxy) is 1. The Morgan fingerprint density at radius 2 is 2.11 bits per heavy atom. The fourth-order valence-electron chi connectivity index (χ4n) is 3.41. The van der Waals surface area contributed by atoms with Crippen molar-refractivity contribution in [1.82, 2.24) is 10.2 Å². The molecule has 4 heteroatoms. The lowest BCUT2D eigenvalue weighted by molar-refractivity contribution is -0.143. The Bertz CT molecular complexity index is 305. The molecular weight excluding hydrogens is 240 g/mol. The number of carbonyl (C=O) groups excluding carboxylic acids is 1. The quantitative estimate of drug-likeness (QED) is 0.840. The summed E-state index contributed by atoms with van der Waals surface area (Å²) in [5.41, 5.74) is -0.181. The first kappa shape index (κ1) is 14.8. The number of nitrogens with zero attached hydrogens (tertiary/aromatic N) is 1. The fraction of sp³-hybridized carbons (Fsp3) is 0.933. The minimum absolute atomic E-state index is 0.181. The van der Waals surface area contributed by atoms with Crippen LogP contribution in [0, 0.1) is 17.3 Å². The predicted molar refractivity (Wildman–Crippen MR) is 75.9 cm³/mol. The monoisotopic (exact) mass is 268 g/mol. The van der Waals surface area contributed by atoms with Crippen molar-refractivity contribution in [2.24, 2.45) is 17.3 Å². The van der Waals surface area contributed by atoms with Crippen molar-refractivity contribution in [2.45, 2.75) is 33.1 Å². The van der Waals surface area contributed by atoms with Gasteiger partial charge in [-0.15, -0.1) is 0 Å². The SMILES string of the molecule is CC(C)C1(C(=O)N(C)CC2CCOCC2)CCNC1. The average Bonchev–Trinajstić information content (AvgIpc) is 2.89. The molecular formula is C15H28N2O2. The van der Waals surface area contributed by atoms with Crippen LogP contribution in [-0.2, 0) is 9.53 Å². The molecule has 1 unspecified atom stereocenters. The van der Waals surface area contributed by atoms with Gasteiger partial charge in [-0.05, 0) is 37.6 Å². The average molecular weight is 268 g/mol. The van der Waals surface area contributed by atoms with Crippen molar-refractivity contribution in [3.8, 4) is 0 Å². The van der Waals surface area contributed by atoms with E-state index in [1.807, 2.05) is 11.9 Å². The molecule has 2 saturated heterocycles. The molecule has 0 aromatic rings. The summed E-state index contributed by atoms with van der Waals surface area (Å²) in [4.78, 5) is 14.8. The summed E-state index contributed by atoms with van der Waals surface area (Å²) in [6, 6.07) is 0. The van der Waals surface area contributed by atoms with Gasteiger partial charge in [0.2, 0.25) is 5.91 Å². The molecule has 1 amide bonds. The third-order valence-corrected chi connectivity index (χ3v) is 4.94. The number of rotatable bonds is 4. The van der Waals surface area contributed by atoms with Gasteiger partial charge in [0.25, 0.3) is 0 Å². The van der Waals surface area contributed by atoms with Crippen LogP contribution in [0.25, 0.3) is 0 Å². The van der Waals surface area contributed by atoms with E-state index >= 15 is 0 Å². The van der Waals surface area contributed by atoms with Crippen molar-refractivity contribution in [3.05, 3.63) is 0 Å². The van der Waals surface area contributed by atoms with Gasteiger partial charge in [-0.3, -0.25) is 4.79 Å². The van der Waals surface area contributed by atoms with E-state index in [0.717, 1.165) is 52.1 Å². The summed E-state index contributed by atoms with van der Waals surface area (Å²) < 4.78 is 5.39. The predicted octanol–water partition coefficient (Wildman–Crippen LogP) is 1.51. The van der Waals surface area contributed by atoms with Gasteiger partial charge < -0.3 is 15.0 Å². The Balaban J connectivity index is 1.96. The van der Waals surface area contributed by atoms with E-state index in [-0.39, 0.29) is 5.41 Å². The Labute approximate surface area is 116 Å². The normalized spacial score (nSPS) is 28.8. The Kier molecular flexibility index (Phi) is 4.85. The van der Waals surface area contributed by atoms with E-state index in [0.29, 0.717) is 17.7 Å². The zero-order chi connectivity index (χ0) is 13.9. The first-order valence-corrected chi connectivity index (χ1v) is 7.60. The maximum atomic E-state index is 12.8. The van der Waals surface area contributed by atoms with E-state index in [2.05, 4.69) is 19.2 Å². The highest BCUT2D eigenvalue weighted by atomic mass is 16.5. The third-order valence-electron chi connectivity index (χ3n) is 4.94. The molecule has 0 saturated carbocycles. The van der Waals surface area contributed by atoms with Crippen LogP contribution in [0.3, 0.4) is 0 Å². The van der Waals surface area contributed by atoms with Gasteiger partial charge >= 0.3 is 0 Å². The molecule has 2 aliphatic heterocycles. The Morgan fingerprint density at radius 1 is 1.42 bits per heavy atom. The third kappa shape index (κ3) is 3.11. The van der Waals surface area contributed by atoms with E-state index in [4.69, 9.17) is 4.74 Å². The number of carbonyl (C=O) groups is 1. The molecule has 0 bridgehead atoms. The van der Waals surface area contributed by atoms with Crippen LogP contribution < -0.4 is 5.32 Å². The van der Waals surface area contributed by atoms with Crippen molar-refractivity contribution in [2.75, 3.05) is 39.9 Å².